The van der Waals surface area contributed by atoms with Crippen molar-refractivity contribution in [3.05, 3.63) is 29.3 Å². The van der Waals surface area contributed by atoms with Crippen LogP contribution in [0.5, 0.6) is 0 Å². The van der Waals surface area contributed by atoms with E-state index >= 15 is 0 Å². The SMILES string of the molecule is Cc1ccc(S(=O)(=O)NC(C#N)C2CCCCC2)cc1C. The van der Waals surface area contributed by atoms with Gasteiger partial charge in [0, 0.05) is 0 Å². The molecule has 1 atom stereocenters. The van der Waals surface area contributed by atoms with Gasteiger partial charge >= 0.3 is 0 Å². The van der Waals surface area contributed by atoms with Crippen molar-refractivity contribution in [1.82, 2.24) is 4.72 Å². The largest absolute Gasteiger partial charge is 0.241 e. The molecule has 0 radical (unpaired) electrons. The van der Waals surface area contributed by atoms with E-state index in [0.717, 1.165) is 36.8 Å². The molecular formula is C16H22N2O2S. The molecule has 4 nitrogen and oxygen atoms in total. The zero-order chi connectivity index (χ0) is 15.5. The monoisotopic (exact) mass is 306 g/mol. The molecule has 0 bridgehead atoms. The van der Waals surface area contributed by atoms with Crippen LogP contribution in [0.1, 0.15) is 43.2 Å². The average molecular weight is 306 g/mol. The van der Waals surface area contributed by atoms with Gasteiger partial charge in [-0.1, -0.05) is 25.3 Å². The Morgan fingerprint density at radius 3 is 2.43 bits per heavy atom. The lowest BCUT2D eigenvalue weighted by Gasteiger charge is -2.26. The Bertz CT molecular complexity index is 641. The van der Waals surface area contributed by atoms with Crippen LogP contribution in [0, 0.1) is 31.1 Å². The summed E-state index contributed by atoms with van der Waals surface area (Å²) in [4.78, 5) is 0.238. The number of rotatable bonds is 4. The number of benzene rings is 1. The lowest BCUT2D eigenvalue weighted by atomic mass is 9.85. The molecule has 0 amide bonds. The lowest BCUT2D eigenvalue weighted by molar-refractivity contribution is 0.324. The van der Waals surface area contributed by atoms with Crippen LogP contribution in [0.15, 0.2) is 23.1 Å². The van der Waals surface area contributed by atoms with Gasteiger partial charge < -0.3 is 0 Å². The van der Waals surface area contributed by atoms with Crippen LogP contribution in [0.2, 0.25) is 0 Å². The summed E-state index contributed by atoms with van der Waals surface area (Å²) in [7, 11) is -3.63. The van der Waals surface area contributed by atoms with Gasteiger partial charge in [-0.15, -0.1) is 0 Å². The van der Waals surface area contributed by atoms with E-state index < -0.39 is 16.1 Å². The first-order valence-corrected chi connectivity index (χ1v) is 8.91. The molecule has 1 N–H and O–H groups in total. The maximum Gasteiger partial charge on any atom is 0.241 e. The minimum absolute atomic E-state index is 0.130. The van der Waals surface area contributed by atoms with E-state index in [1.807, 2.05) is 13.8 Å². The molecule has 0 aliphatic heterocycles. The summed E-state index contributed by atoms with van der Waals surface area (Å²) in [5.41, 5.74) is 1.99. The second-order valence-corrected chi connectivity index (χ2v) is 7.59. The van der Waals surface area contributed by atoms with Crippen molar-refractivity contribution < 1.29 is 8.42 Å². The Morgan fingerprint density at radius 1 is 1.19 bits per heavy atom. The van der Waals surface area contributed by atoms with Crippen LogP contribution in [0.25, 0.3) is 0 Å². The topological polar surface area (TPSA) is 70.0 Å². The standard InChI is InChI=1S/C16H22N2O2S/c1-12-8-9-15(10-13(12)2)21(19,20)18-16(11-17)14-6-4-3-5-7-14/h8-10,14,16,18H,3-7H2,1-2H3. The maximum atomic E-state index is 12.4. The summed E-state index contributed by atoms with van der Waals surface area (Å²) in [5.74, 6) is 0.130. The summed E-state index contributed by atoms with van der Waals surface area (Å²) < 4.78 is 27.5. The molecule has 5 heteroatoms. The van der Waals surface area contributed by atoms with E-state index in [1.165, 1.54) is 6.42 Å². The van der Waals surface area contributed by atoms with E-state index in [9.17, 15) is 13.7 Å². The van der Waals surface area contributed by atoms with Crippen LogP contribution < -0.4 is 4.72 Å². The molecule has 0 saturated heterocycles. The molecule has 1 aliphatic carbocycles. The molecule has 2 rings (SSSR count). The second-order valence-electron chi connectivity index (χ2n) is 5.87. The van der Waals surface area contributed by atoms with Gasteiger partial charge in [0.25, 0.3) is 0 Å². The highest BCUT2D eigenvalue weighted by molar-refractivity contribution is 7.89. The fourth-order valence-electron chi connectivity index (χ4n) is 2.81. The van der Waals surface area contributed by atoms with E-state index in [2.05, 4.69) is 10.8 Å². The summed E-state index contributed by atoms with van der Waals surface area (Å²) in [5, 5.41) is 9.31. The summed E-state index contributed by atoms with van der Waals surface area (Å²) in [6.07, 6.45) is 5.18. The predicted octanol–water partition coefficient (Wildman–Crippen LogP) is 3.05. The van der Waals surface area contributed by atoms with Crippen LogP contribution >= 0.6 is 0 Å². The molecule has 1 unspecified atom stereocenters. The van der Waals surface area contributed by atoms with Gasteiger partial charge in [-0.2, -0.15) is 9.98 Å². The van der Waals surface area contributed by atoms with Crippen LogP contribution in [0.4, 0.5) is 0 Å². The molecule has 114 valence electrons. The molecule has 1 fully saturated rings. The lowest BCUT2D eigenvalue weighted by Crippen LogP contribution is -2.40. The Hall–Kier alpha value is -1.38. The number of nitrogens with zero attached hydrogens (tertiary/aromatic N) is 1. The summed E-state index contributed by atoms with van der Waals surface area (Å²) in [6.45, 7) is 3.83. The molecule has 0 aromatic heterocycles. The highest BCUT2D eigenvalue weighted by Crippen LogP contribution is 2.27. The smallest absolute Gasteiger partial charge is 0.207 e. The van der Waals surface area contributed by atoms with Crippen molar-refractivity contribution in [3.8, 4) is 6.07 Å². The minimum atomic E-state index is -3.63. The van der Waals surface area contributed by atoms with E-state index in [1.54, 1.807) is 18.2 Å². The van der Waals surface area contributed by atoms with E-state index in [-0.39, 0.29) is 10.8 Å². The molecular weight excluding hydrogens is 284 g/mol. The Balaban J connectivity index is 2.18. The zero-order valence-corrected chi connectivity index (χ0v) is 13.4. The highest BCUT2D eigenvalue weighted by Gasteiger charge is 2.28. The highest BCUT2D eigenvalue weighted by atomic mass is 32.2. The normalized spacial score (nSPS) is 18.1. The predicted molar refractivity (Wildman–Crippen MR) is 82.2 cm³/mol. The number of aryl methyl sites for hydroxylation is 2. The number of nitrogens with one attached hydrogen (secondary N) is 1. The molecule has 1 aliphatic rings. The number of nitriles is 1. The average Bonchev–Trinajstić information content (AvgIpc) is 2.48. The zero-order valence-electron chi connectivity index (χ0n) is 12.6. The first kappa shape index (κ1) is 16.0. The molecule has 1 saturated carbocycles. The minimum Gasteiger partial charge on any atom is -0.207 e. The van der Waals surface area contributed by atoms with Crippen molar-refractivity contribution in [2.45, 2.75) is 56.9 Å². The van der Waals surface area contributed by atoms with Gasteiger partial charge in [0.1, 0.15) is 6.04 Å². The van der Waals surface area contributed by atoms with E-state index in [0.29, 0.717) is 0 Å². The van der Waals surface area contributed by atoms with E-state index in [4.69, 9.17) is 0 Å². The second kappa shape index (κ2) is 6.59. The fraction of sp³-hybridized carbons (Fsp3) is 0.562. The molecule has 1 aromatic rings. The van der Waals surface area contributed by atoms with Gasteiger partial charge in [0.15, 0.2) is 0 Å². The number of hydrogen-bond donors (Lipinski definition) is 1. The van der Waals surface area contributed by atoms with Gasteiger partial charge in [-0.05, 0) is 55.9 Å². The van der Waals surface area contributed by atoms with Crippen molar-refractivity contribution in [1.29, 1.82) is 5.26 Å². The first-order chi connectivity index (χ1) is 9.94. The van der Waals surface area contributed by atoms with Crippen molar-refractivity contribution >= 4 is 10.0 Å². The van der Waals surface area contributed by atoms with Crippen molar-refractivity contribution in [3.63, 3.8) is 0 Å². The Kier molecular flexibility index (Phi) is 5.02. The number of hydrogen-bond acceptors (Lipinski definition) is 3. The molecule has 21 heavy (non-hydrogen) atoms. The van der Waals surface area contributed by atoms with Gasteiger partial charge in [0.05, 0.1) is 11.0 Å². The molecule has 0 heterocycles. The number of sulfonamides is 1. The van der Waals surface area contributed by atoms with Crippen LogP contribution in [-0.4, -0.2) is 14.5 Å². The first-order valence-electron chi connectivity index (χ1n) is 7.43. The van der Waals surface area contributed by atoms with Gasteiger partial charge in [-0.25, -0.2) is 8.42 Å². The molecule has 0 spiro atoms. The Morgan fingerprint density at radius 2 is 1.86 bits per heavy atom. The van der Waals surface area contributed by atoms with Gasteiger partial charge in [-0.3, -0.25) is 0 Å². The van der Waals surface area contributed by atoms with Crippen molar-refractivity contribution in [2.24, 2.45) is 5.92 Å². The van der Waals surface area contributed by atoms with Crippen LogP contribution in [0.3, 0.4) is 0 Å². The maximum absolute atomic E-state index is 12.4. The van der Waals surface area contributed by atoms with Crippen LogP contribution in [-0.2, 0) is 10.0 Å². The van der Waals surface area contributed by atoms with Gasteiger partial charge in [0.2, 0.25) is 10.0 Å². The third-order valence-electron chi connectivity index (χ3n) is 4.33. The Labute approximate surface area is 127 Å². The van der Waals surface area contributed by atoms with Crippen molar-refractivity contribution in [2.75, 3.05) is 0 Å². The quantitative estimate of drug-likeness (QED) is 0.929. The fourth-order valence-corrected chi connectivity index (χ4v) is 4.11. The summed E-state index contributed by atoms with van der Waals surface area (Å²) >= 11 is 0. The molecule has 1 aromatic carbocycles. The summed E-state index contributed by atoms with van der Waals surface area (Å²) in [6, 6.07) is 6.56. The third-order valence-corrected chi connectivity index (χ3v) is 5.77. The third kappa shape index (κ3) is 3.84.